The Hall–Kier alpha value is -1.39. The molecule has 0 spiro atoms. The standard InChI is InChI=1S/C8H11N3O2/c12-6-7(13)11-8(10-6)9-4-5-2-1-3-5/h5H,1-4H2,(H2,9,10,11,12,13). The van der Waals surface area contributed by atoms with Gasteiger partial charge < -0.3 is 0 Å². The van der Waals surface area contributed by atoms with E-state index in [2.05, 4.69) is 15.6 Å². The van der Waals surface area contributed by atoms with E-state index >= 15 is 0 Å². The van der Waals surface area contributed by atoms with Gasteiger partial charge >= 0.3 is 11.8 Å². The van der Waals surface area contributed by atoms with E-state index in [1.165, 1.54) is 19.3 Å². The minimum atomic E-state index is -0.618. The molecule has 0 unspecified atom stereocenters. The monoisotopic (exact) mass is 181 g/mol. The lowest BCUT2D eigenvalue weighted by atomic mass is 9.86. The largest absolute Gasteiger partial charge is 0.316 e. The molecule has 0 atom stereocenters. The summed E-state index contributed by atoms with van der Waals surface area (Å²) in [7, 11) is 0. The van der Waals surface area contributed by atoms with E-state index in [1.54, 1.807) is 0 Å². The lowest BCUT2D eigenvalue weighted by Gasteiger charge is -2.22. The Morgan fingerprint density at radius 3 is 2.31 bits per heavy atom. The van der Waals surface area contributed by atoms with E-state index in [0.29, 0.717) is 18.4 Å². The molecule has 1 heterocycles. The molecule has 1 saturated carbocycles. The van der Waals surface area contributed by atoms with Crippen LogP contribution in [0.2, 0.25) is 0 Å². The number of hydrogen-bond acceptors (Lipinski definition) is 3. The van der Waals surface area contributed by atoms with Gasteiger partial charge in [-0.05, 0) is 18.8 Å². The molecule has 2 amide bonds. The Bertz CT molecular complexity index is 263. The van der Waals surface area contributed by atoms with Crippen LogP contribution in [0, 0.1) is 5.92 Å². The molecule has 2 rings (SSSR count). The summed E-state index contributed by atoms with van der Waals surface area (Å²) < 4.78 is 0. The Labute approximate surface area is 75.6 Å². The van der Waals surface area contributed by atoms with Crippen molar-refractivity contribution in [3.8, 4) is 0 Å². The summed E-state index contributed by atoms with van der Waals surface area (Å²) in [5.41, 5.74) is 0. The zero-order valence-electron chi connectivity index (χ0n) is 7.17. The Balaban J connectivity index is 1.86. The van der Waals surface area contributed by atoms with Gasteiger partial charge in [-0.3, -0.25) is 25.2 Å². The van der Waals surface area contributed by atoms with Crippen molar-refractivity contribution in [2.45, 2.75) is 19.3 Å². The smallest absolute Gasteiger partial charge is 0.288 e. The lowest BCUT2D eigenvalue weighted by Crippen LogP contribution is -2.27. The van der Waals surface area contributed by atoms with Gasteiger partial charge in [0.25, 0.3) is 0 Å². The van der Waals surface area contributed by atoms with Crippen LogP contribution in [0.5, 0.6) is 0 Å². The fraction of sp³-hybridized carbons (Fsp3) is 0.625. The van der Waals surface area contributed by atoms with Crippen molar-refractivity contribution in [1.29, 1.82) is 0 Å². The van der Waals surface area contributed by atoms with Crippen LogP contribution in [0.15, 0.2) is 4.99 Å². The highest BCUT2D eigenvalue weighted by atomic mass is 16.2. The third kappa shape index (κ3) is 1.68. The molecular formula is C8H11N3O2. The minimum absolute atomic E-state index is 0.307. The molecule has 1 aliphatic carbocycles. The maximum absolute atomic E-state index is 10.7. The summed E-state index contributed by atoms with van der Waals surface area (Å²) >= 11 is 0. The first-order valence-electron chi connectivity index (χ1n) is 4.42. The molecule has 0 aromatic heterocycles. The van der Waals surface area contributed by atoms with Crippen molar-refractivity contribution in [2.24, 2.45) is 10.9 Å². The highest BCUT2D eigenvalue weighted by Gasteiger charge is 2.25. The van der Waals surface area contributed by atoms with Crippen LogP contribution in [0.1, 0.15) is 19.3 Å². The third-order valence-electron chi connectivity index (χ3n) is 2.40. The van der Waals surface area contributed by atoms with Gasteiger partial charge in [0, 0.05) is 6.54 Å². The molecule has 13 heavy (non-hydrogen) atoms. The summed E-state index contributed by atoms with van der Waals surface area (Å²) in [4.78, 5) is 25.5. The van der Waals surface area contributed by atoms with Gasteiger partial charge in [0.1, 0.15) is 0 Å². The van der Waals surface area contributed by atoms with Crippen LogP contribution in [0.25, 0.3) is 0 Å². The molecule has 0 bridgehead atoms. The number of carbonyl (C=O) groups is 2. The quantitative estimate of drug-likeness (QED) is 0.558. The number of hydrogen-bond donors (Lipinski definition) is 2. The molecule has 2 aliphatic rings. The molecule has 0 aromatic carbocycles. The van der Waals surface area contributed by atoms with Gasteiger partial charge in [0.05, 0.1) is 0 Å². The molecule has 1 saturated heterocycles. The fourth-order valence-electron chi connectivity index (χ4n) is 1.33. The van der Waals surface area contributed by atoms with Crippen molar-refractivity contribution in [1.82, 2.24) is 10.6 Å². The summed E-state index contributed by atoms with van der Waals surface area (Å²) in [6, 6.07) is 0. The van der Waals surface area contributed by atoms with Crippen LogP contribution < -0.4 is 10.6 Å². The highest BCUT2D eigenvalue weighted by Crippen LogP contribution is 2.26. The van der Waals surface area contributed by atoms with E-state index in [4.69, 9.17) is 0 Å². The number of nitrogens with one attached hydrogen (secondary N) is 2. The highest BCUT2D eigenvalue weighted by molar-refractivity contribution is 6.45. The van der Waals surface area contributed by atoms with E-state index in [1.807, 2.05) is 0 Å². The zero-order valence-corrected chi connectivity index (χ0v) is 7.17. The summed E-state index contributed by atoms with van der Waals surface area (Å²) in [5, 5.41) is 4.72. The Morgan fingerprint density at radius 2 is 1.85 bits per heavy atom. The van der Waals surface area contributed by atoms with Gasteiger partial charge in [-0.15, -0.1) is 0 Å². The second kappa shape index (κ2) is 3.16. The zero-order chi connectivity index (χ0) is 9.26. The maximum Gasteiger partial charge on any atom is 0.316 e. The topological polar surface area (TPSA) is 70.6 Å². The SMILES string of the molecule is O=C1NC(=NCC2CCC2)NC1=O. The van der Waals surface area contributed by atoms with Crippen molar-refractivity contribution in [3.63, 3.8) is 0 Å². The lowest BCUT2D eigenvalue weighted by molar-refractivity contribution is -0.135. The van der Waals surface area contributed by atoms with Gasteiger partial charge in [-0.1, -0.05) is 6.42 Å². The van der Waals surface area contributed by atoms with Crippen LogP contribution in [-0.4, -0.2) is 24.3 Å². The molecule has 0 aromatic rings. The maximum atomic E-state index is 10.7. The van der Waals surface area contributed by atoms with Gasteiger partial charge in [-0.2, -0.15) is 0 Å². The summed E-state index contributed by atoms with van der Waals surface area (Å²) in [5.74, 6) is -0.288. The van der Waals surface area contributed by atoms with E-state index in [9.17, 15) is 9.59 Å². The minimum Gasteiger partial charge on any atom is -0.288 e. The molecule has 70 valence electrons. The number of nitrogens with zero attached hydrogens (tertiary/aromatic N) is 1. The molecular weight excluding hydrogens is 170 g/mol. The molecule has 5 nitrogen and oxygen atoms in total. The first kappa shape index (κ1) is 8.22. The van der Waals surface area contributed by atoms with Crippen molar-refractivity contribution >= 4 is 17.8 Å². The Kier molecular flexibility index (Phi) is 2.00. The van der Waals surface area contributed by atoms with Crippen molar-refractivity contribution in [2.75, 3.05) is 6.54 Å². The van der Waals surface area contributed by atoms with Crippen LogP contribution >= 0.6 is 0 Å². The van der Waals surface area contributed by atoms with Crippen LogP contribution in [0.4, 0.5) is 0 Å². The average molecular weight is 181 g/mol. The molecule has 2 fully saturated rings. The first-order chi connectivity index (χ1) is 6.25. The second-order valence-corrected chi connectivity index (χ2v) is 3.39. The van der Waals surface area contributed by atoms with Crippen LogP contribution in [0.3, 0.4) is 0 Å². The summed E-state index contributed by atoms with van der Waals surface area (Å²) in [6.45, 7) is 0.704. The predicted molar refractivity (Wildman–Crippen MR) is 45.9 cm³/mol. The average Bonchev–Trinajstić information content (AvgIpc) is 2.28. The van der Waals surface area contributed by atoms with E-state index in [0.717, 1.165) is 0 Å². The predicted octanol–water partition coefficient (Wildman–Crippen LogP) is -0.612. The number of rotatable bonds is 2. The van der Waals surface area contributed by atoms with Gasteiger partial charge in [-0.25, -0.2) is 0 Å². The normalized spacial score (nSPS) is 22.3. The number of amides is 2. The van der Waals surface area contributed by atoms with Gasteiger partial charge in [0.2, 0.25) is 5.96 Å². The number of guanidine groups is 1. The van der Waals surface area contributed by atoms with Crippen molar-refractivity contribution < 1.29 is 9.59 Å². The Morgan fingerprint density at radius 1 is 1.23 bits per heavy atom. The molecule has 1 aliphatic heterocycles. The third-order valence-corrected chi connectivity index (χ3v) is 2.40. The molecule has 2 N–H and O–H groups in total. The number of carbonyl (C=O) groups excluding carboxylic acids is 2. The van der Waals surface area contributed by atoms with E-state index in [-0.39, 0.29) is 0 Å². The van der Waals surface area contributed by atoms with E-state index < -0.39 is 11.8 Å². The second-order valence-electron chi connectivity index (χ2n) is 3.39. The van der Waals surface area contributed by atoms with Gasteiger partial charge in [0.15, 0.2) is 0 Å². The van der Waals surface area contributed by atoms with Crippen molar-refractivity contribution in [3.05, 3.63) is 0 Å². The molecule has 5 heteroatoms. The fourth-order valence-corrected chi connectivity index (χ4v) is 1.33. The first-order valence-corrected chi connectivity index (χ1v) is 4.42. The number of aliphatic imine (C=N–C) groups is 1. The molecule has 0 radical (unpaired) electrons. The summed E-state index contributed by atoms with van der Waals surface area (Å²) in [6.07, 6.45) is 3.69. The van der Waals surface area contributed by atoms with Crippen LogP contribution in [-0.2, 0) is 9.59 Å².